The second kappa shape index (κ2) is 1.88. The highest BCUT2D eigenvalue weighted by Gasteiger charge is 2.09. The van der Waals surface area contributed by atoms with E-state index in [0.717, 1.165) is 0 Å². The molecule has 0 aromatic rings. The lowest BCUT2D eigenvalue weighted by Crippen LogP contribution is -2.01. The van der Waals surface area contributed by atoms with E-state index in [4.69, 9.17) is 0 Å². The molecule has 2 atom stereocenters. The van der Waals surface area contributed by atoms with Crippen molar-refractivity contribution in [2.24, 2.45) is 0 Å². The van der Waals surface area contributed by atoms with Crippen LogP contribution in [0.1, 0.15) is 20.3 Å². The summed E-state index contributed by atoms with van der Waals surface area (Å²) in [5.74, 6) is 0. The fourth-order valence-corrected chi connectivity index (χ4v) is 0. The zero-order chi connectivity index (χ0) is 5.21. The van der Waals surface area contributed by atoms with Gasteiger partial charge in [-0.25, -0.2) is 4.39 Å². The summed E-state index contributed by atoms with van der Waals surface area (Å²) >= 11 is 0. The summed E-state index contributed by atoms with van der Waals surface area (Å²) in [6.07, 6.45) is 0.567. The molecule has 0 aliphatic heterocycles. The Morgan fingerprint density at radius 2 is 2.00 bits per heavy atom. The zero-order valence-corrected chi connectivity index (χ0v) is 5.32. The molecular weight excluding hydrogens is 98.0 g/mol. The van der Waals surface area contributed by atoms with E-state index < -0.39 is 5.41 Å². The standard InChI is InChI=1S/C4H10FP/c1-3-4(2,5)6/h3,6H2,1-2H3. The van der Waals surface area contributed by atoms with Gasteiger partial charge in [-0.05, 0) is 13.3 Å². The van der Waals surface area contributed by atoms with Gasteiger partial charge >= 0.3 is 0 Å². The minimum atomic E-state index is -1.04. The third-order valence-corrected chi connectivity index (χ3v) is 1.10. The molecule has 0 saturated heterocycles. The van der Waals surface area contributed by atoms with E-state index in [9.17, 15) is 4.39 Å². The lowest BCUT2D eigenvalue weighted by molar-refractivity contribution is 0.306. The summed E-state index contributed by atoms with van der Waals surface area (Å²) in [6, 6.07) is 0. The molecule has 0 rings (SSSR count). The van der Waals surface area contributed by atoms with E-state index in [2.05, 4.69) is 9.24 Å². The van der Waals surface area contributed by atoms with Crippen molar-refractivity contribution in [3.63, 3.8) is 0 Å². The fraction of sp³-hybridized carbons (Fsp3) is 1.00. The largest absolute Gasteiger partial charge is 0.240 e. The summed E-state index contributed by atoms with van der Waals surface area (Å²) in [5, 5.41) is -1.04. The van der Waals surface area contributed by atoms with Crippen LogP contribution in [0.5, 0.6) is 0 Å². The molecule has 0 radical (unpaired) electrons. The summed E-state index contributed by atoms with van der Waals surface area (Å²) in [6.45, 7) is 3.35. The quantitative estimate of drug-likeness (QED) is 0.450. The van der Waals surface area contributed by atoms with E-state index in [1.165, 1.54) is 6.92 Å². The lowest BCUT2D eigenvalue weighted by Gasteiger charge is -2.07. The van der Waals surface area contributed by atoms with Gasteiger partial charge < -0.3 is 0 Å². The van der Waals surface area contributed by atoms with Crippen molar-refractivity contribution in [1.29, 1.82) is 0 Å². The smallest absolute Gasteiger partial charge is 0.120 e. The van der Waals surface area contributed by atoms with Crippen LogP contribution in [0.4, 0.5) is 4.39 Å². The van der Waals surface area contributed by atoms with Gasteiger partial charge in [-0.2, -0.15) is 0 Å². The first-order valence-corrected chi connectivity index (χ1v) is 2.62. The van der Waals surface area contributed by atoms with Gasteiger partial charge in [0.25, 0.3) is 0 Å². The molecule has 2 unspecified atom stereocenters. The van der Waals surface area contributed by atoms with Crippen molar-refractivity contribution in [3.8, 4) is 0 Å². The van der Waals surface area contributed by atoms with Crippen molar-refractivity contribution in [3.05, 3.63) is 0 Å². The Morgan fingerprint density at radius 1 is 1.83 bits per heavy atom. The van der Waals surface area contributed by atoms with E-state index >= 15 is 0 Å². The highest BCUT2D eigenvalue weighted by Crippen LogP contribution is 2.21. The number of alkyl halides is 1. The highest BCUT2D eigenvalue weighted by molar-refractivity contribution is 7.18. The van der Waals surface area contributed by atoms with E-state index in [-0.39, 0.29) is 0 Å². The van der Waals surface area contributed by atoms with Gasteiger partial charge in [0, 0.05) is 0 Å². The Balaban J connectivity index is 3.17. The van der Waals surface area contributed by atoms with Gasteiger partial charge in [0.1, 0.15) is 5.41 Å². The molecule has 0 heterocycles. The highest BCUT2D eigenvalue weighted by atomic mass is 31.0. The monoisotopic (exact) mass is 108 g/mol. The van der Waals surface area contributed by atoms with Crippen LogP contribution in [-0.2, 0) is 0 Å². The molecule has 0 aliphatic rings. The second-order valence-corrected chi connectivity index (χ2v) is 2.84. The summed E-state index contributed by atoms with van der Waals surface area (Å²) in [5.41, 5.74) is 0. The van der Waals surface area contributed by atoms with Crippen molar-refractivity contribution in [1.82, 2.24) is 0 Å². The van der Waals surface area contributed by atoms with E-state index in [0.29, 0.717) is 6.42 Å². The molecule has 0 aliphatic carbocycles. The average molecular weight is 108 g/mol. The molecule has 0 aromatic carbocycles. The topological polar surface area (TPSA) is 0 Å². The minimum absolute atomic E-state index is 0.567. The third-order valence-electron chi connectivity index (χ3n) is 0.691. The van der Waals surface area contributed by atoms with E-state index in [1.807, 2.05) is 6.92 Å². The van der Waals surface area contributed by atoms with Crippen molar-refractivity contribution >= 4 is 9.24 Å². The maximum absolute atomic E-state index is 12.1. The summed E-state index contributed by atoms with van der Waals surface area (Å²) in [7, 11) is 2.12. The third kappa shape index (κ3) is 4.36. The van der Waals surface area contributed by atoms with Gasteiger partial charge in [-0.3, -0.25) is 0 Å². The molecule has 0 spiro atoms. The molecular formula is C4H10FP. The first kappa shape index (κ1) is 6.36. The van der Waals surface area contributed by atoms with E-state index in [1.54, 1.807) is 0 Å². The normalized spacial score (nSPS) is 20.0. The van der Waals surface area contributed by atoms with Crippen LogP contribution < -0.4 is 0 Å². The molecule has 0 fully saturated rings. The molecule has 0 aromatic heterocycles. The van der Waals surface area contributed by atoms with Crippen molar-refractivity contribution in [2.75, 3.05) is 0 Å². The van der Waals surface area contributed by atoms with Gasteiger partial charge in [-0.15, -0.1) is 0 Å². The Bertz CT molecular complexity index is 37.3. The van der Waals surface area contributed by atoms with Crippen LogP contribution in [0.2, 0.25) is 0 Å². The molecule has 0 bridgehead atoms. The van der Waals surface area contributed by atoms with Crippen molar-refractivity contribution < 1.29 is 4.39 Å². The molecule has 6 heavy (non-hydrogen) atoms. The maximum atomic E-state index is 12.1. The Hall–Kier alpha value is 0.360. The summed E-state index contributed by atoms with van der Waals surface area (Å²) in [4.78, 5) is 0. The number of rotatable bonds is 1. The molecule has 0 N–H and O–H groups in total. The van der Waals surface area contributed by atoms with Crippen LogP contribution in [0.15, 0.2) is 0 Å². The van der Waals surface area contributed by atoms with Crippen LogP contribution in [0.25, 0.3) is 0 Å². The van der Waals surface area contributed by atoms with Crippen LogP contribution in [-0.4, -0.2) is 5.41 Å². The maximum Gasteiger partial charge on any atom is 0.120 e. The van der Waals surface area contributed by atoms with Crippen LogP contribution >= 0.6 is 9.24 Å². The minimum Gasteiger partial charge on any atom is -0.240 e. The predicted octanol–water partition coefficient (Wildman–Crippen LogP) is 1.96. The fourth-order valence-electron chi connectivity index (χ4n) is 0. The number of hydrogen-bond acceptors (Lipinski definition) is 0. The molecule has 0 saturated carbocycles. The molecule has 0 amide bonds. The molecule has 0 nitrogen and oxygen atoms in total. The SMILES string of the molecule is CCC(C)(F)P. The van der Waals surface area contributed by atoms with Crippen molar-refractivity contribution in [2.45, 2.75) is 25.7 Å². The first-order chi connectivity index (χ1) is 2.56. The lowest BCUT2D eigenvalue weighted by atomic mass is 10.3. The van der Waals surface area contributed by atoms with Crippen LogP contribution in [0, 0.1) is 0 Å². The summed E-state index contributed by atoms with van der Waals surface area (Å²) < 4.78 is 12.1. The number of halogens is 1. The Labute approximate surface area is 40.3 Å². The van der Waals surface area contributed by atoms with Gasteiger partial charge in [0.05, 0.1) is 0 Å². The predicted molar refractivity (Wildman–Crippen MR) is 29.5 cm³/mol. The first-order valence-electron chi connectivity index (χ1n) is 2.04. The number of hydrogen-bond donors (Lipinski definition) is 0. The Kier molecular flexibility index (Phi) is 1.99. The van der Waals surface area contributed by atoms with Crippen LogP contribution in [0.3, 0.4) is 0 Å². The molecule has 2 heteroatoms. The average Bonchev–Trinajstić information content (AvgIpc) is 1.35. The Morgan fingerprint density at radius 3 is 2.00 bits per heavy atom. The second-order valence-electron chi connectivity index (χ2n) is 1.63. The van der Waals surface area contributed by atoms with Gasteiger partial charge in [0.15, 0.2) is 0 Å². The zero-order valence-electron chi connectivity index (χ0n) is 4.16. The van der Waals surface area contributed by atoms with Gasteiger partial charge in [0.2, 0.25) is 0 Å². The van der Waals surface area contributed by atoms with Gasteiger partial charge in [-0.1, -0.05) is 16.2 Å². The molecule has 38 valence electrons.